The summed E-state index contributed by atoms with van der Waals surface area (Å²) in [6.45, 7) is 5.12. The van der Waals surface area contributed by atoms with E-state index in [0.29, 0.717) is 18.7 Å². The molecule has 0 unspecified atom stereocenters. The molecule has 0 aliphatic carbocycles. The van der Waals surface area contributed by atoms with Gasteiger partial charge in [0, 0.05) is 31.8 Å². The van der Waals surface area contributed by atoms with Crippen molar-refractivity contribution >= 4 is 41.5 Å². The molecule has 2 fully saturated rings. The summed E-state index contributed by atoms with van der Waals surface area (Å²) >= 11 is 4.27. The van der Waals surface area contributed by atoms with Gasteiger partial charge in [-0.2, -0.15) is 0 Å². The van der Waals surface area contributed by atoms with Crippen molar-refractivity contribution in [3.05, 3.63) is 53.6 Å². The van der Waals surface area contributed by atoms with Gasteiger partial charge >= 0.3 is 6.09 Å². The maximum Gasteiger partial charge on any atom is 0.414 e. The molecule has 0 bridgehead atoms. The topological polar surface area (TPSA) is 94.6 Å². The van der Waals surface area contributed by atoms with E-state index in [0.717, 1.165) is 22.8 Å². The molecule has 202 valence electrons. The van der Waals surface area contributed by atoms with Crippen LogP contribution in [0.25, 0.3) is 0 Å². The Morgan fingerprint density at radius 1 is 1.19 bits per heavy atom. The summed E-state index contributed by atoms with van der Waals surface area (Å²) in [5, 5.41) is 14.5. The zero-order valence-corrected chi connectivity index (χ0v) is 21.8. The first-order valence-electron chi connectivity index (χ1n) is 11.6. The molecule has 2 saturated heterocycles. The maximum absolute atomic E-state index is 14.6. The Kier molecular flexibility index (Phi) is 12.1. The standard InChI is InChI=1S/C16H20F2N4O4.C7H8O.C2H4S/c1-19-8-12-9-22(16(24)26-12)11-6-13(17)15(14(18)7-11)20-2-3-21(10-23)25-5-4-20;1-6-4-2-3-5-7(6)8;1-2-3/h6-7,10,12,19H,2-5,8-9H2,1H3;2-5,8H,1H3;2H,1H3/t12-;;/m0../s1. The molecule has 0 radical (unpaired) electrons. The molecule has 0 spiro atoms. The summed E-state index contributed by atoms with van der Waals surface area (Å²) in [6, 6.07) is 9.48. The Morgan fingerprint density at radius 2 is 1.84 bits per heavy atom. The Bertz CT molecular complexity index is 1020. The molecular formula is C25H32F2N4O5S. The maximum atomic E-state index is 14.6. The van der Waals surface area contributed by atoms with E-state index in [2.05, 4.69) is 17.5 Å². The van der Waals surface area contributed by atoms with E-state index in [1.807, 2.05) is 32.0 Å². The summed E-state index contributed by atoms with van der Waals surface area (Å²) < 4.78 is 34.4. The van der Waals surface area contributed by atoms with E-state index in [-0.39, 0.29) is 50.3 Å². The van der Waals surface area contributed by atoms with Crippen LogP contribution in [0.15, 0.2) is 36.4 Å². The van der Waals surface area contributed by atoms with Crippen LogP contribution in [0.3, 0.4) is 0 Å². The van der Waals surface area contributed by atoms with Crippen LogP contribution in [0.4, 0.5) is 25.0 Å². The number of likely N-dealkylation sites (N-methyl/N-ethyl adjacent to an activating group) is 1. The second kappa shape index (κ2) is 15.0. The third-order valence-corrected chi connectivity index (χ3v) is 5.38. The molecule has 2 heterocycles. The van der Waals surface area contributed by atoms with Crippen molar-refractivity contribution in [3.8, 4) is 5.75 Å². The summed E-state index contributed by atoms with van der Waals surface area (Å²) in [4.78, 5) is 30.5. The van der Waals surface area contributed by atoms with E-state index in [9.17, 15) is 18.4 Å². The number of amides is 2. The van der Waals surface area contributed by atoms with Gasteiger partial charge in [-0.25, -0.2) is 18.6 Å². The average Bonchev–Trinajstić information content (AvgIpc) is 3.07. The molecule has 37 heavy (non-hydrogen) atoms. The summed E-state index contributed by atoms with van der Waals surface area (Å²) in [5.41, 5.74) is 0.824. The van der Waals surface area contributed by atoms with Gasteiger partial charge in [0.25, 0.3) is 0 Å². The molecule has 12 heteroatoms. The van der Waals surface area contributed by atoms with Crippen molar-refractivity contribution in [1.82, 2.24) is 10.4 Å². The lowest BCUT2D eigenvalue weighted by atomic mass is 10.2. The minimum atomic E-state index is -0.788. The van der Waals surface area contributed by atoms with Crippen molar-refractivity contribution in [2.45, 2.75) is 20.0 Å². The van der Waals surface area contributed by atoms with Crippen molar-refractivity contribution in [2.75, 3.05) is 56.2 Å². The van der Waals surface area contributed by atoms with Gasteiger partial charge in [-0.3, -0.25) is 14.5 Å². The minimum Gasteiger partial charge on any atom is -0.508 e. The number of cyclic esters (lactones) is 1. The minimum absolute atomic E-state index is 0.105. The smallest absolute Gasteiger partial charge is 0.414 e. The number of thiocarbonyl (C=S) groups is 1. The number of halogens is 2. The number of hydroxylamine groups is 2. The van der Waals surface area contributed by atoms with Crippen molar-refractivity contribution < 1.29 is 33.1 Å². The SMILES string of the molecule is CC=S.CNC[C@H]1CN(c2cc(F)c(N3CCON(C=O)CC3)c(F)c2)C(=O)O1.Cc1ccccc1O. The van der Waals surface area contributed by atoms with Crippen molar-refractivity contribution in [2.24, 2.45) is 0 Å². The Balaban J connectivity index is 0.000000365. The van der Waals surface area contributed by atoms with Crippen molar-refractivity contribution in [3.63, 3.8) is 0 Å². The molecule has 2 aromatic rings. The molecule has 1 atom stereocenters. The number of nitrogens with one attached hydrogen (secondary N) is 1. The predicted molar refractivity (Wildman–Crippen MR) is 141 cm³/mol. The lowest BCUT2D eigenvalue weighted by Crippen LogP contribution is -2.32. The van der Waals surface area contributed by atoms with Crippen LogP contribution < -0.4 is 15.1 Å². The molecule has 2 aliphatic heterocycles. The van der Waals surface area contributed by atoms with E-state index >= 15 is 0 Å². The van der Waals surface area contributed by atoms with Gasteiger partial charge in [0.2, 0.25) is 6.41 Å². The second-order valence-corrected chi connectivity index (χ2v) is 8.49. The number of rotatable bonds is 5. The van der Waals surface area contributed by atoms with Crippen LogP contribution in [0.2, 0.25) is 0 Å². The lowest BCUT2D eigenvalue weighted by Gasteiger charge is -2.24. The first-order valence-corrected chi connectivity index (χ1v) is 12.1. The second-order valence-electron chi connectivity index (χ2n) is 8.02. The predicted octanol–water partition coefficient (Wildman–Crippen LogP) is 3.43. The Morgan fingerprint density at radius 3 is 2.38 bits per heavy atom. The summed E-state index contributed by atoms with van der Waals surface area (Å²) in [6.07, 6.45) is -0.489. The number of carbonyl (C=O) groups is 2. The molecule has 2 aromatic carbocycles. The number of anilines is 2. The van der Waals surface area contributed by atoms with Crippen LogP contribution in [-0.4, -0.2) is 80.5 Å². The van der Waals surface area contributed by atoms with Crippen LogP contribution >= 0.6 is 12.2 Å². The zero-order valence-electron chi connectivity index (χ0n) is 21.0. The normalized spacial score (nSPS) is 17.1. The lowest BCUT2D eigenvalue weighted by molar-refractivity contribution is -0.166. The van der Waals surface area contributed by atoms with E-state index in [4.69, 9.17) is 14.7 Å². The molecule has 2 amide bonds. The molecule has 2 N–H and O–H groups in total. The van der Waals surface area contributed by atoms with Gasteiger partial charge in [-0.05, 0) is 37.9 Å². The first-order chi connectivity index (χ1) is 17.7. The average molecular weight is 539 g/mol. The third kappa shape index (κ3) is 8.62. The molecular weight excluding hydrogens is 506 g/mol. The molecule has 0 saturated carbocycles. The molecule has 0 aromatic heterocycles. The van der Waals surface area contributed by atoms with Gasteiger partial charge in [-0.1, -0.05) is 30.4 Å². The number of aryl methyl sites for hydroxylation is 1. The number of para-hydroxylation sites is 1. The molecule has 2 aliphatic rings. The van der Waals surface area contributed by atoms with Gasteiger partial charge < -0.3 is 20.1 Å². The number of carbonyl (C=O) groups excluding carboxylic acids is 2. The van der Waals surface area contributed by atoms with E-state index in [1.54, 1.807) is 18.5 Å². The van der Waals surface area contributed by atoms with Gasteiger partial charge in [-0.15, -0.1) is 0 Å². The number of phenolic OH excluding ortho intramolecular Hbond substituents is 1. The highest BCUT2D eigenvalue weighted by atomic mass is 32.1. The first kappa shape index (κ1) is 29.9. The highest BCUT2D eigenvalue weighted by Gasteiger charge is 2.33. The quantitative estimate of drug-likeness (QED) is 0.442. The molecule has 4 rings (SSSR count). The fourth-order valence-electron chi connectivity index (χ4n) is 3.61. The monoisotopic (exact) mass is 538 g/mol. The Labute approximate surface area is 220 Å². The van der Waals surface area contributed by atoms with E-state index < -0.39 is 17.7 Å². The van der Waals surface area contributed by atoms with Gasteiger partial charge in [0.1, 0.15) is 17.5 Å². The van der Waals surface area contributed by atoms with E-state index in [1.165, 1.54) is 9.80 Å². The third-order valence-electron chi connectivity index (χ3n) is 5.38. The summed E-state index contributed by atoms with van der Waals surface area (Å²) in [7, 11) is 1.72. The number of hydrogen-bond acceptors (Lipinski definition) is 8. The fraction of sp³-hybridized carbons (Fsp3) is 0.400. The summed E-state index contributed by atoms with van der Waals surface area (Å²) in [5.74, 6) is -1.21. The fourth-order valence-corrected chi connectivity index (χ4v) is 3.61. The number of nitrogens with zero attached hydrogens (tertiary/aromatic N) is 3. The van der Waals surface area contributed by atoms with Crippen LogP contribution in [0.5, 0.6) is 5.75 Å². The number of hydrogen-bond donors (Lipinski definition) is 2. The number of aromatic hydroxyl groups is 1. The molecule has 9 nitrogen and oxygen atoms in total. The van der Waals surface area contributed by atoms with Crippen molar-refractivity contribution in [1.29, 1.82) is 0 Å². The van der Waals surface area contributed by atoms with Crippen LogP contribution in [0, 0.1) is 18.6 Å². The largest absolute Gasteiger partial charge is 0.508 e. The number of benzene rings is 2. The zero-order chi connectivity index (χ0) is 27.4. The van der Waals surface area contributed by atoms with Crippen LogP contribution in [0.1, 0.15) is 12.5 Å². The highest BCUT2D eigenvalue weighted by Crippen LogP contribution is 2.31. The number of phenols is 1. The van der Waals surface area contributed by atoms with Crippen LogP contribution in [-0.2, 0) is 14.4 Å². The highest BCUT2D eigenvalue weighted by molar-refractivity contribution is 7.78. The Hall–Kier alpha value is -3.35. The van der Waals surface area contributed by atoms with Gasteiger partial charge in [0.15, 0.2) is 11.6 Å². The van der Waals surface area contributed by atoms with Gasteiger partial charge in [0.05, 0.1) is 25.4 Å². The number of ether oxygens (including phenoxy) is 1.